The molecule has 2 atom stereocenters. The number of anilines is 1. The smallest absolute Gasteiger partial charge is 0.384 e. The van der Waals surface area contributed by atoms with Crippen LogP contribution in [0.4, 0.5) is 18.9 Å². The van der Waals surface area contributed by atoms with Gasteiger partial charge in [-0.3, -0.25) is 9.78 Å². The Morgan fingerprint density at radius 3 is 2.79 bits per heavy atom. The largest absolute Gasteiger partial charge is 0.417 e. The van der Waals surface area contributed by atoms with Crippen LogP contribution in [0.15, 0.2) is 36.5 Å². The summed E-state index contributed by atoms with van der Waals surface area (Å²) in [4.78, 5) is 21.1. The summed E-state index contributed by atoms with van der Waals surface area (Å²) in [5.41, 5.74) is 0.0734. The Hall–Kier alpha value is -3.12. The number of aryl methyl sites for hydroxylation is 1. The van der Waals surface area contributed by atoms with Crippen molar-refractivity contribution in [3.63, 3.8) is 0 Å². The van der Waals surface area contributed by atoms with Crippen molar-refractivity contribution in [2.45, 2.75) is 19.5 Å². The van der Waals surface area contributed by atoms with E-state index >= 15 is 0 Å². The van der Waals surface area contributed by atoms with Crippen LogP contribution in [0.2, 0.25) is 0 Å². The zero-order valence-corrected chi connectivity index (χ0v) is 18.5. The summed E-state index contributed by atoms with van der Waals surface area (Å²) in [6.45, 7) is 4.33. The van der Waals surface area contributed by atoms with E-state index in [4.69, 9.17) is 10.00 Å². The summed E-state index contributed by atoms with van der Waals surface area (Å²) in [5, 5.41) is 9.09. The van der Waals surface area contributed by atoms with Gasteiger partial charge in [-0.05, 0) is 43.7 Å². The first-order valence-corrected chi connectivity index (χ1v) is 10.7. The van der Waals surface area contributed by atoms with Gasteiger partial charge in [0.1, 0.15) is 0 Å². The van der Waals surface area contributed by atoms with Crippen molar-refractivity contribution in [1.29, 1.82) is 5.26 Å². The van der Waals surface area contributed by atoms with E-state index in [2.05, 4.69) is 4.98 Å². The molecule has 1 amide bonds. The summed E-state index contributed by atoms with van der Waals surface area (Å²) >= 11 is 0. The number of hydrogen-bond donors (Lipinski definition) is 0. The Balaban J connectivity index is 1.60. The van der Waals surface area contributed by atoms with Crippen molar-refractivity contribution in [2.24, 2.45) is 11.3 Å². The molecule has 0 bridgehead atoms. The molecule has 0 spiro atoms. The maximum atomic E-state index is 13.5. The second-order valence-electron chi connectivity index (χ2n) is 8.85. The molecule has 174 valence electrons. The molecule has 6 nitrogen and oxygen atoms in total. The number of likely N-dealkylation sites (tertiary alicyclic amines) is 1. The molecule has 2 aliphatic rings. The fraction of sp³-hybridized carbons (Fsp3) is 0.458. The summed E-state index contributed by atoms with van der Waals surface area (Å²) in [7, 11) is 1.62. The third-order valence-corrected chi connectivity index (χ3v) is 6.88. The number of carbonyl (C=O) groups is 1. The first-order chi connectivity index (χ1) is 15.7. The molecule has 4 rings (SSSR count). The van der Waals surface area contributed by atoms with Gasteiger partial charge in [0.05, 0.1) is 29.4 Å². The van der Waals surface area contributed by atoms with Crippen molar-refractivity contribution in [2.75, 3.05) is 44.8 Å². The summed E-state index contributed by atoms with van der Waals surface area (Å²) in [5.74, 6) is -0.0418. The number of benzene rings is 1. The lowest BCUT2D eigenvalue weighted by molar-refractivity contribution is -0.137. The number of alkyl halides is 3. The molecule has 2 fully saturated rings. The average Bonchev–Trinajstić information content (AvgIpc) is 3.16. The molecule has 2 saturated heterocycles. The average molecular weight is 458 g/mol. The van der Waals surface area contributed by atoms with Crippen LogP contribution in [0.25, 0.3) is 0 Å². The normalized spacial score (nSPS) is 22.7. The Labute approximate surface area is 190 Å². The van der Waals surface area contributed by atoms with Gasteiger partial charge in [-0.25, -0.2) is 0 Å². The second-order valence-corrected chi connectivity index (χ2v) is 8.85. The number of hydrogen-bond acceptors (Lipinski definition) is 5. The maximum absolute atomic E-state index is 13.5. The monoisotopic (exact) mass is 458 g/mol. The van der Waals surface area contributed by atoms with Crippen molar-refractivity contribution in [3.05, 3.63) is 58.9 Å². The molecule has 2 aromatic rings. The molecule has 0 N–H and O–H groups in total. The first-order valence-electron chi connectivity index (χ1n) is 10.7. The standard InChI is InChI=1S/C24H25F3N4O2/c1-16-20(4-3-8-29-16)22(32)30-9-7-23(15-33-2)14-31(13-18(23)12-30)19-6-5-17(11-28)21(10-19)24(25,26)27/h3-6,8,10,18H,7,9,12-15H2,1-2H3/t18-,23+/m1/s1. The van der Waals surface area contributed by atoms with Crippen molar-refractivity contribution >= 4 is 11.6 Å². The van der Waals surface area contributed by atoms with E-state index in [1.54, 1.807) is 44.5 Å². The third-order valence-electron chi connectivity index (χ3n) is 6.88. The minimum atomic E-state index is -4.61. The van der Waals surface area contributed by atoms with Gasteiger partial charge in [0.25, 0.3) is 5.91 Å². The number of fused-ring (bicyclic) bond motifs is 1. The summed E-state index contributed by atoms with van der Waals surface area (Å²) in [6.07, 6.45) is -2.27. The molecule has 0 aliphatic carbocycles. The molecule has 1 aromatic heterocycles. The minimum absolute atomic E-state index is 0.0390. The lowest BCUT2D eigenvalue weighted by atomic mass is 9.73. The van der Waals surface area contributed by atoms with E-state index in [1.807, 2.05) is 9.80 Å². The highest BCUT2D eigenvalue weighted by atomic mass is 19.4. The zero-order valence-electron chi connectivity index (χ0n) is 18.5. The number of amides is 1. The number of nitrogens with zero attached hydrogens (tertiary/aromatic N) is 4. The number of methoxy groups -OCH3 is 1. The number of halogens is 3. The number of aromatic nitrogens is 1. The van der Waals surface area contributed by atoms with Crippen molar-refractivity contribution < 1.29 is 22.7 Å². The van der Waals surface area contributed by atoms with E-state index in [0.717, 1.165) is 6.07 Å². The van der Waals surface area contributed by atoms with Crippen LogP contribution in [0, 0.1) is 29.6 Å². The summed E-state index contributed by atoms with van der Waals surface area (Å²) < 4.78 is 46.0. The second kappa shape index (κ2) is 8.67. The fourth-order valence-corrected chi connectivity index (χ4v) is 5.13. The Kier molecular flexibility index (Phi) is 6.06. The Bertz CT molecular complexity index is 1100. The molecule has 0 unspecified atom stereocenters. The number of piperidine rings is 1. The molecular formula is C24H25F3N4O2. The number of carbonyl (C=O) groups excluding carboxylic acids is 1. The minimum Gasteiger partial charge on any atom is -0.384 e. The van der Waals surface area contributed by atoms with E-state index < -0.39 is 17.3 Å². The molecule has 9 heteroatoms. The number of pyridine rings is 1. The van der Waals surface area contributed by atoms with E-state index in [1.165, 1.54) is 6.07 Å². The topological polar surface area (TPSA) is 69.5 Å². The Morgan fingerprint density at radius 1 is 1.33 bits per heavy atom. The lowest BCUT2D eigenvalue weighted by Crippen LogP contribution is -2.51. The van der Waals surface area contributed by atoms with Gasteiger partial charge in [-0.15, -0.1) is 0 Å². The number of rotatable bonds is 4. The first kappa shape index (κ1) is 23.1. The van der Waals surface area contributed by atoms with Gasteiger partial charge in [0.15, 0.2) is 0 Å². The maximum Gasteiger partial charge on any atom is 0.417 e. The highest BCUT2D eigenvalue weighted by Gasteiger charge is 2.50. The molecule has 2 aliphatic heterocycles. The van der Waals surface area contributed by atoms with E-state index in [0.29, 0.717) is 56.2 Å². The van der Waals surface area contributed by atoms with Crippen LogP contribution >= 0.6 is 0 Å². The predicted molar refractivity (Wildman–Crippen MR) is 116 cm³/mol. The highest BCUT2D eigenvalue weighted by molar-refractivity contribution is 5.95. The molecule has 33 heavy (non-hydrogen) atoms. The van der Waals surface area contributed by atoms with Crippen molar-refractivity contribution in [1.82, 2.24) is 9.88 Å². The number of ether oxygens (including phenoxy) is 1. The molecule has 0 radical (unpaired) electrons. The summed E-state index contributed by atoms with van der Waals surface area (Å²) in [6, 6.07) is 8.97. The van der Waals surface area contributed by atoms with Gasteiger partial charge in [-0.2, -0.15) is 18.4 Å². The van der Waals surface area contributed by atoms with Gasteiger partial charge < -0.3 is 14.5 Å². The van der Waals surface area contributed by atoms with Crippen LogP contribution in [-0.2, 0) is 10.9 Å². The molecule has 1 aromatic carbocycles. The van der Waals surface area contributed by atoms with E-state index in [9.17, 15) is 18.0 Å². The molecular weight excluding hydrogens is 433 g/mol. The van der Waals surface area contributed by atoms with Gasteiger partial charge in [-0.1, -0.05) is 0 Å². The van der Waals surface area contributed by atoms with Crippen molar-refractivity contribution in [3.8, 4) is 6.07 Å². The van der Waals surface area contributed by atoms with Gasteiger partial charge in [0.2, 0.25) is 0 Å². The van der Waals surface area contributed by atoms with Crippen LogP contribution < -0.4 is 4.90 Å². The van der Waals surface area contributed by atoms with Crippen LogP contribution in [0.3, 0.4) is 0 Å². The highest BCUT2D eigenvalue weighted by Crippen LogP contribution is 2.45. The van der Waals surface area contributed by atoms with Crippen LogP contribution in [0.1, 0.15) is 33.6 Å². The Morgan fingerprint density at radius 2 is 2.12 bits per heavy atom. The predicted octanol–water partition coefficient (Wildman–Crippen LogP) is 3.90. The van der Waals surface area contributed by atoms with Crippen LogP contribution in [-0.4, -0.2) is 55.7 Å². The zero-order chi connectivity index (χ0) is 23.8. The fourth-order valence-electron chi connectivity index (χ4n) is 5.13. The lowest BCUT2D eigenvalue weighted by Gasteiger charge is -2.43. The van der Waals surface area contributed by atoms with E-state index in [-0.39, 0.29) is 17.2 Å². The number of nitriles is 1. The third kappa shape index (κ3) is 4.27. The molecule has 3 heterocycles. The quantitative estimate of drug-likeness (QED) is 0.695. The van der Waals surface area contributed by atoms with Crippen LogP contribution in [0.5, 0.6) is 0 Å². The van der Waals surface area contributed by atoms with Gasteiger partial charge in [0, 0.05) is 62.2 Å². The van der Waals surface area contributed by atoms with Gasteiger partial charge >= 0.3 is 6.18 Å². The molecule has 0 saturated carbocycles. The SMILES string of the molecule is COC[C@@]12CCN(C(=O)c3cccnc3C)C[C@@H]1CN(c1ccc(C#N)c(C(F)(F)F)c1)C2.